The van der Waals surface area contributed by atoms with E-state index in [1.165, 1.54) is 6.07 Å². The number of amides is 1. The van der Waals surface area contributed by atoms with Gasteiger partial charge in [0.15, 0.2) is 16.4 Å². The minimum absolute atomic E-state index is 0.0471. The summed E-state index contributed by atoms with van der Waals surface area (Å²) in [6, 6.07) is 4.24. The van der Waals surface area contributed by atoms with Gasteiger partial charge in [0.2, 0.25) is 0 Å². The summed E-state index contributed by atoms with van der Waals surface area (Å²) in [7, 11) is -3.12. The Kier molecular flexibility index (Phi) is 7.10. The molecule has 1 aliphatic heterocycles. The molecule has 0 N–H and O–H groups in total. The molecule has 1 aliphatic rings. The Labute approximate surface area is 166 Å². The van der Waals surface area contributed by atoms with Crippen LogP contribution >= 0.6 is 27.5 Å². The molecule has 1 amide bonds. The van der Waals surface area contributed by atoms with Gasteiger partial charge in [-0.15, -0.1) is 0 Å². The Hall–Kier alpha value is -1.12. The van der Waals surface area contributed by atoms with E-state index in [1.54, 1.807) is 17.0 Å². The molecule has 1 aromatic carbocycles. The van der Waals surface area contributed by atoms with Crippen molar-refractivity contribution in [3.05, 3.63) is 33.3 Å². The molecule has 1 fully saturated rings. The number of nitrogens with zero attached hydrogens (tertiary/aromatic N) is 1. The summed E-state index contributed by atoms with van der Waals surface area (Å²) in [6.07, 6.45) is 1.08. The second kappa shape index (κ2) is 8.71. The second-order valence-electron chi connectivity index (χ2n) is 6.32. The number of benzene rings is 1. The molecule has 0 radical (unpaired) electrons. The third kappa shape index (κ3) is 5.20. The predicted molar refractivity (Wildman–Crippen MR) is 103 cm³/mol. The smallest absolute Gasteiger partial charge is 0.340 e. The molecule has 0 spiro atoms. The third-order valence-electron chi connectivity index (χ3n) is 4.43. The highest BCUT2D eigenvalue weighted by Crippen LogP contribution is 2.23. The topological polar surface area (TPSA) is 80.8 Å². The Balaban J connectivity index is 2.07. The maximum atomic E-state index is 12.6. The van der Waals surface area contributed by atoms with Gasteiger partial charge in [0.1, 0.15) is 0 Å². The fraction of sp³-hybridized carbons (Fsp3) is 0.529. The quantitative estimate of drug-likeness (QED) is 0.602. The molecule has 144 valence electrons. The molecule has 6 nitrogen and oxygen atoms in total. The van der Waals surface area contributed by atoms with Crippen LogP contribution in [0.25, 0.3) is 0 Å². The normalized spacial score (nSPS) is 19.8. The fourth-order valence-electron chi connectivity index (χ4n) is 2.93. The molecule has 2 unspecified atom stereocenters. The van der Waals surface area contributed by atoms with Gasteiger partial charge in [-0.05, 0) is 38.0 Å². The third-order valence-corrected chi connectivity index (χ3v) is 7.00. The van der Waals surface area contributed by atoms with Crippen molar-refractivity contribution in [3.8, 4) is 0 Å². The van der Waals surface area contributed by atoms with Gasteiger partial charge in [0.25, 0.3) is 5.91 Å². The first kappa shape index (κ1) is 21.2. The van der Waals surface area contributed by atoms with Gasteiger partial charge in [0, 0.05) is 16.6 Å². The van der Waals surface area contributed by atoms with E-state index in [2.05, 4.69) is 15.9 Å². The number of sulfone groups is 1. The maximum absolute atomic E-state index is 12.6. The van der Waals surface area contributed by atoms with E-state index in [0.717, 1.165) is 0 Å². The van der Waals surface area contributed by atoms with Crippen LogP contribution in [0.15, 0.2) is 22.7 Å². The van der Waals surface area contributed by atoms with E-state index >= 15 is 0 Å². The van der Waals surface area contributed by atoms with Crippen molar-refractivity contribution in [2.24, 2.45) is 0 Å². The number of ether oxygens (including phenoxy) is 1. The molecular formula is C17H21BrClNO5S. The summed E-state index contributed by atoms with van der Waals surface area (Å²) in [4.78, 5) is 26.4. The van der Waals surface area contributed by atoms with Crippen LogP contribution in [0.3, 0.4) is 0 Å². The summed E-state index contributed by atoms with van der Waals surface area (Å²) >= 11 is 9.25. The fourth-order valence-corrected chi connectivity index (χ4v) is 5.20. The van der Waals surface area contributed by atoms with Crippen LogP contribution in [0.2, 0.25) is 5.02 Å². The van der Waals surface area contributed by atoms with Crippen LogP contribution < -0.4 is 0 Å². The maximum Gasteiger partial charge on any atom is 0.340 e. The van der Waals surface area contributed by atoms with E-state index in [1.807, 2.05) is 13.8 Å². The van der Waals surface area contributed by atoms with E-state index in [-0.39, 0.29) is 34.2 Å². The van der Waals surface area contributed by atoms with E-state index in [0.29, 0.717) is 17.3 Å². The average Bonchev–Trinajstić information content (AvgIpc) is 2.94. The molecule has 1 saturated heterocycles. The van der Waals surface area contributed by atoms with Crippen LogP contribution in [0.4, 0.5) is 0 Å². The number of carbonyl (C=O) groups is 2. The van der Waals surface area contributed by atoms with Crippen molar-refractivity contribution in [2.45, 2.75) is 38.8 Å². The molecule has 26 heavy (non-hydrogen) atoms. The SMILES string of the molecule is CCC(C)N(C(=O)COC(=O)c1cc(Br)ccc1Cl)C1CCS(=O)(=O)C1. The highest BCUT2D eigenvalue weighted by atomic mass is 79.9. The molecule has 9 heteroatoms. The highest BCUT2D eigenvalue weighted by Gasteiger charge is 2.36. The van der Waals surface area contributed by atoms with Gasteiger partial charge >= 0.3 is 5.97 Å². The molecule has 0 aromatic heterocycles. The molecule has 2 rings (SSSR count). The first-order valence-corrected chi connectivity index (χ1v) is 11.3. The predicted octanol–water partition coefficient (Wildman–Crippen LogP) is 3.07. The molecule has 0 saturated carbocycles. The van der Waals surface area contributed by atoms with Crippen molar-refractivity contribution in [1.29, 1.82) is 0 Å². The number of hydrogen-bond donors (Lipinski definition) is 0. The van der Waals surface area contributed by atoms with Crippen molar-refractivity contribution in [1.82, 2.24) is 4.90 Å². The highest BCUT2D eigenvalue weighted by molar-refractivity contribution is 9.10. The molecule has 0 bridgehead atoms. The zero-order chi connectivity index (χ0) is 19.5. The zero-order valence-electron chi connectivity index (χ0n) is 14.6. The summed E-state index contributed by atoms with van der Waals surface area (Å²) in [5.41, 5.74) is 0.160. The molecular weight excluding hydrogens is 446 g/mol. The zero-order valence-corrected chi connectivity index (χ0v) is 17.7. The van der Waals surface area contributed by atoms with Gasteiger partial charge in [0.05, 0.1) is 22.1 Å². The summed E-state index contributed by atoms with van der Waals surface area (Å²) < 4.78 is 29.3. The van der Waals surface area contributed by atoms with Gasteiger partial charge in [-0.1, -0.05) is 34.5 Å². The van der Waals surface area contributed by atoms with E-state index in [4.69, 9.17) is 16.3 Å². The van der Waals surface area contributed by atoms with E-state index in [9.17, 15) is 18.0 Å². The molecule has 2 atom stereocenters. The van der Waals surface area contributed by atoms with Crippen LogP contribution in [-0.2, 0) is 19.4 Å². The van der Waals surface area contributed by atoms with Crippen molar-refractivity contribution >= 4 is 49.2 Å². The van der Waals surface area contributed by atoms with Crippen LogP contribution in [-0.4, -0.2) is 55.4 Å². The molecule has 1 heterocycles. The standard InChI is InChI=1S/C17H21BrClNO5S/c1-3-11(2)20(13-6-7-26(23,24)10-13)16(21)9-25-17(22)14-8-12(18)4-5-15(14)19/h4-5,8,11,13H,3,6-7,9-10H2,1-2H3. The summed E-state index contributed by atoms with van der Waals surface area (Å²) in [6.45, 7) is 3.32. The Morgan fingerprint density at radius 1 is 1.42 bits per heavy atom. The minimum atomic E-state index is -3.12. The first-order valence-electron chi connectivity index (χ1n) is 8.28. The van der Waals surface area contributed by atoms with Gasteiger partial charge in [-0.2, -0.15) is 0 Å². The molecule has 0 aliphatic carbocycles. The van der Waals surface area contributed by atoms with E-state index < -0.39 is 28.3 Å². The molecule has 1 aromatic rings. The lowest BCUT2D eigenvalue weighted by Crippen LogP contribution is -2.48. The van der Waals surface area contributed by atoms with Crippen LogP contribution in [0.1, 0.15) is 37.0 Å². The number of carbonyl (C=O) groups excluding carboxylic acids is 2. The van der Waals surface area contributed by atoms with Gasteiger partial charge in [-0.25, -0.2) is 13.2 Å². The number of esters is 1. The number of halogens is 2. The van der Waals surface area contributed by atoms with Crippen molar-refractivity contribution < 1.29 is 22.7 Å². The lowest BCUT2D eigenvalue weighted by molar-refractivity contribution is -0.138. The van der Waals surface area contributed by atoms with Crippen molar-refractivity contribution in [2.75, 3.05) is 18.1 Å². The minimum Gasteiger partial charge on any atom is -0.452 e. The van der Waals surface area contributed by atoms with Gasteiger partial charge < -0.3 is 9.64 Å². The Bertz CT molecular complexity index is 798. The van der Waals surface area contributed by atoms with Crippen LogP contribution in [0.5, 0.6) is 0 Å². The number of rotatable bonds is 6. The second-order valence-corrected chi connectivity index (χ2v) is 9.87. The average molecular weight is 467 g/mol. The summed E-state index contributed by atoms with van der Waals surface area (Å²) in [5.74, 6) is -1.08. The monoisotopic (exact) mass is 465 g/mol. The number of hydrogen-bond acceptors (Lipinski definition) is 5. The summed E-state index contributed by atoms with van der Waals surface area (Å²) in [5, 5.41) is 0.228. The Morgan fingerprint density at radius 2 is 2.12 bits per heavy atom. The Morgan fingerprint density at radius 3 is 2.69 bits per heavy atom. The lowest BCUT2D eigenvalue weighted by Gasteiger charge is -2.33. The first-order chi connectivity index (χ1) is 12.1. The van der Waals surface area contributed by atoms with Crippen LogP contribution in [0, 0.1) is 0 Å². The lowest BCUT2D eigenvalue weighted by atomic mass is 10.1. The van der Waals surface area contributed by atoms with Gasteiger partial charge in [-0.3, -0.25) is 4.79 Å². The largest absolute Gasteiger partial charge is 0.452 e. The van der Waals surface area contributed by atoms with Crippen molar-refractivity contribution in [3.63, 3.8) is 0 Å².